The van der Waals surface area contributed by atoms with Gasteiger partial charge in [0, 0.05) is 23.3 Å². The summed E-state index contributed by atoms with van der Waals surface area (Å²) < 4.78 is 34.6. The average Bonchev–Trinajstić information content (AvgIpc) is 3.45. The van der Waals surface area contributed by atoms with Crippen molar-refractivity contribution in [2.75, 3.05) is 16.2 Å². The summed E-state index contributed by atoms with van der Waals surface area (Å²) in [6.07, 6.45) is 1.71. The number of nitrogens with zero attached hydrogens (tertiary/aromatic N) is 2. The van der Waals surface area contributed by atoms with Crippen LogP contribution in [0.4, 0.5) is 5.69 Å². The molecule has 10 heteroatoms. The van der Waals surface area contributed by atoms with E-state index in [1.54, 1.807) is 6.92 Å². The maximum absolute atomic E-state index is 13.1. The van der Waals surface area contributed by atoms with E-state index in [0.29, 0.717) is 9.58 Å². The van der Waals surface area contributed by atoms with Gasteiger partial charge in [-0.3, -0.25) is 4.79 Å². The average molecular weight is 427 g/mol. The van der Waals surface area contributed by atoms with Gasteiger partial charge in [0.15, 0.2) is 11.5 Å². The number of carbonyl (C=O) groups is 2. The fourth-order valence-electron chi connectivity index (χ4n) is 2.63. The molecule has 1 aliphatic rings. The van der Waals surface area contributed by atoms with Crippen molar-refractivity contribution in [1.82, 2.24) is 5.16 Å². The first-order chi connectivity index (χ1) is 13.3. The van der Waals surface area contributed by atoms with E-state index >= 15 is 0 Å². The topological polar surface area (TPSA) is 107 Å². The molecule has 1 heterocycles. The fourth-order valence-corrected chi connectivity index (χ4v) is 3.71. The Balaban J connectivity index is 1.94. The predicted molar refractivity (Wildman–Crippen MR) is 102 cm³/mol. The number of benzene rings is 1. The highest BCUT2D eigenvalue weighted by Crippen LogP contribution is 2.43. The maximum Gasteiger partial charge on any atom is 0.361 e. The molecule has 0 N–H and O–H groups in total. The normalized spacial score (nSPS) is 14.0. The first-order valence-electron chi connectivity index (χ1n) is 8.80. The highest BCUT2D eigenvalue weighted by Gasteiger charge is 2.37. The second-order valence-electron chi connectivity index (χ2n) is 6.26. The van der Waals surface area contributed by atoms with Gasteiger partial charge in [0.25, 0.3) is 0 Å². The molecule has 0 aliphatic heterocycles. The van der Waals surface area contributed by atoms with E-state index in [4.69, 9.17) is 21.0 Å². The smallest absolute Gasteiger partial charge is 0.361 e. The summed E-state index contributed by atoms with van der Waals surface area (Å²) in [5, 5.41) is 3.75. The number of carbonyl (C=O) groups excluding carboxylic acids is 2. The van der Waals surface area contributed by atoms with Crippen LogP contribution in [0.2, 0.25) is 0 Å². The number of ketones is 1. The predicted octanol–water partition coefficient (Wildman–Crippen LogP) is 3.27. The van der Waals surface area contributed by atoms with Crippen molar-refractivity contribution in [3.05, 3.63) is 46.8 Å². The van der Waals surface area contributed by atoms with Crippen LogP contribution in [-0.4, -0.2) is 37.7 Å². The molecule has 1 aromatic heterocycles. The van der Waals surface area contributed by atoms with Crippen molar-refractivity contribution in [2.24, 2.45) is 0 Å². The van der Waals surface area contributed by atoms with Crippen LogP contribution in [0.1, 0.15) is 64.8 Å². The number of aromatic nitrogens is 1. The van der Waals surface area contributed by atoms with Crippen molar-refractivity contribution in [3.8, 4) is 0 Å². The van der Waals surface area contributed by atoms with E-state index in [1.165, 1.54) is 31.2 Å². The zero-order chi connectivity index (χ0) is 20.5. The van der Waals surface area contributed by atoms with Gasteiger partial charge >= 0.3 is 5.97 Å². The Morgan fingerprint density at radius 3 is 2.43 bits per heavy atom. The molecule has 28 heavy (non-hydrogen) atoms. The number of sulfonamides is 1. The molecule has 1 fully saturated rings. The third-order valence-corrected chi connectivity index (χ3v) is 6.56. The van der Waals surface area contributed by atoms with Crippen LogP contribution in [-0.2, 0) is 14.8 Å². The van der Waals surface area contributed by atoms with Crippen LogP contribution >= 0.6 is 11.8 Å². The zero-order valence-electron chi connectivity index (χ0n) is 15.3. The third-order valence-electron chi connectivity index (χ3n) is 4.30. The van der Waals surface area contributed by atoms with Crippen molar-refractivity contribution in [2.45, 2.75) is 32.6 Å². The summed E-state index contributed by atoms with van der Waals surface area (Å²) in [5.41, 5.74) is 0.403. The molecule has 2 aromatic rings. The van der Waals surface area contributed by atoms with Crippen LogP contribution in [0, 0.1) is 0 Å². The summed E-state index contributed by atoms with van der Waals surface area (Å²) in [7, 11) is -3.63. The maximum atomic E-state index is 13.1. The second kappa shape index (κ2) is 7.92. The molecule has 8 nitrogen and oxygen atoms in total. The molecule has 150 valence electrons. The lowest BCUT2D eigenvalue weighted by atomic mass is 9.99. The van der Waals surface area contributed by atoms with Crippen molar-refractivity contribution in [3.63, 3.8) is 0 Å². The Labute approximate surface area is 167 Å². The van der Waals surface area contributed by atoms with Gasteiger partial charge < -0.3 is 9.26 Å². The second-order valence-corrected chi connectivity index (χ2v) is 8.90. The molecule has 0 bridgehead atoms. The van der Waals surface area contributed by atoms with Crippen LogP contribution in [0.3, 0.4) is 0 Å². The molecule has 0 amide bonds. The first-order valence-corrected chi connectivity index (χ1v) is 10.7. The molecule has 1 aliphatic carbocycles. The Bertz CT molecular complexity index is 996. The van der Waals surface area contributed by atoms with E-state index in [-0.39, 0.29) is 40.8 Å². The van der Waals surface area contributed by atoms with Gasteiger partial charge in [-0.2, -0.15) is 3.82 Å². The van der Waals surface area contributed by atoms with E-state index < -0.39 is 21.8 Å². The van der Waals surface area contributed by atoms with Crippen molar-refractivity contribution < 1.29 is 27.3 Å². The van der Waals surface area contributed by atoms with Gasteiger partial charge in [0.2, 0.25) is 15.7 Å². The van der Waals surface area contributed by atoms with Gasteiger partial charge in [-0.1, -0.05) is 5.16 Å². The highest BCUT2D eigenvalue weighted by molar-refractivity contribution is 7.94. The minimum atomic E-state index is -3.63. The molecule has 3 rings (SSSR count). The number of halogens is 1. The Morgan fingerprint density at radius 1 is 1.25 bits per heavy atom. The van der Waals surface area contributed by atoms with E-state index in [9.17, 15) is 18.0 Å². The van der Waals surface area contributed by atoms with E-state index in [1.807, 2.05) is 0 Å². The zero-order valence-corrected chi connectivity index (χ0v) is 16.9. The molecule has 1 aromatic carbocycles. The lowest BCUT2D eigenvalue weighted by molar-refractivity contribution is 0.0512. The largest absolute Gasteiger partial charge is 0.461 e. The molecule has 1 saturated carbocycles. The molecular weight excluding hydrogens is 408 g/mol. The van der Waals surface area contributed by atoms with E-state index in [2.05, 4.69) is 5.16 Å². The first kappa shape index (κ1) is 20.3. The van der Waals surface area contributed by atoms with Crippen LogP contribution < -0.4 is 3.82 Å². The summed E-state index contributed by atoms with van der Waals surface area (Å²) in [6.45, 7) is 3.28. The van der Waals surface area contributed by atoms with Gasteiger partial charge in [0.05, 0.1) is 18.0 Å². The Morgan fingerprint density at radius 2 is 1.89 bits per heavy atom. The molecule has 0 radical (unpaired) electrons. The van der Waals surface area contributed by atoms with Crippen molar-refractivity contribution in [1.29, 1.82) is 0 Å². The van der Waals surface area contributed by atoms with Gasteiger partial charge in [0.1, 0.15) is 5.56 Å². The molecule has 0 spiro atoms. The van der Waals surface area contributed by atoms with Crippen molar-refractivity contribution >= 4 is 39.2 Å². The highest BCUT2D eigenvalue weighted by atomic mass is 35.5. The summed E-state index contributed by atoms with van der Waals surface area (Å²) in [5.74, 6) is -0.895. The third kappa shape index (κ3) is 3.90. The number of anilines is 1. The number of ether oxygens (including phenoxy) is 1. The molecule has 0 saturated heterocycles. The number of hydrogen-bond donors (Lipinski definition) is 0. The molecular formula is C18H19ClN2O6S. The summed E-state index contributed by atoms with van der Waals surface area (Å²) >= 11 is 5.88. The quantitative estimate of drug-likeness (QED) is 0.362. The number of rotatable bonds is 8. The summed E-state index contributed by atoms with van der Waals surface area (Å²) in [6, 6.07) is 5.72. The van der Waals surface area contributed by atoms with Crippen LogP contribution in [0.5, 0.6) is 0 Å². The van der Waals surface area contributed by atoms with Gasteiger partial charge in [-0.05, 0) is 51.0 Å². The van der Waals surface area contributed by atoms with Gasteiger partial charge in [-0.25, -0.2) is 13.2 Å². The van der Waals surface area contributed by atoms with Crippen LogP contribution in [0.25, 0.3) is 0 Å². The SMILES string of the molecule is CCOC(=O)c1noc(C2CC2)c1C(=O)c1ccc(N(Cl)S(=O)(=O)CC)cc1. The lowest BCUT2D eigenvalue weighted by Crippen LogP contribution is -2.22. The number of esters is 1. The number of hydrogen-bond acceptors (Lipinski definition) is 7. The Kier molecular flexibility index (Phi) is 5.76. The van der Waals surface area contributed by atoms with E-state index in [0.717, 1.165) is 12.8 Å². The Hall–Kier alpha value is -2.39. The summed E-state index contributed by atoms with van der Waals surface area (Å²) in [4.78, 5) is 25.2. The minimum absolute atomic E-state index is 0.0573. The standard InChI is InChI=1S/C18H19ClN2O6S/c1-3-26-18(23)15-14(17(27-20-15)12-5-6-12)16(22)11-7-9-13(10-8-11)21(19)28(24,25)4-2/h7-10,12H,3-6H2,1-2H3. The lowest BCUT2D eigenvalue weighted by Gasteiger charge is -2.15. The van der Waals surface area contributed by atoms with Gasteiger partial charge in [-0.15, -0.1) is 0 Å². The monoisotopic (exact) mass is 426 g/mol. The molecule has 0 atom stereocenters. The minimum Gasteiger partial charge on any atom is -0.461 e. The fraction of sp³-hybridized carbons (Fsp3) is 0.389. The van der Waals surface area contributed by atoms with Crippen LogP contribution in [0.15, 0.2) is 28.8 Å². The molecule has 0 unspecified atom stereocenters.